The van der Waals surface area contributed by atoms with Gasteiger partial charge in [-0.25, -0.2) is 4.98 Å². The predicted octanol–water partition coefficient (Wildman–Crippen LogP) is 3.76. The molecule has 24 heavy (non-hydrogen) atoms. The number of oxazole rings is 1. The number of nitrogens with zero attached hydrogens (tertiary/aromatic N) is 3. The summed E-state index contributed by atoms with van der Waals surface area (Å²) in [5.74, 6) is 0.997. The first kappa shape index (κ1) is 16.0. The first-order chi connectivity index (χ1) is 11.5. The molecule has 2 aromatic heterocycles. The number of rotatable bonds is 4. The second-order valence-electron chi connectivity index (χ2n) is 5.97. The first-order valence-electron chi connectivity index (χ1n) is 7.82. The van der Waals surface area contributed by atoms with Gasteiger partial charge in [0, 0.05) is 18.5 Å². The molecular formula is C18H20N4O2. The molecule has 1 aromatic carbocycles. The maximum Gasteiger partial charge on any atom is 0.279 e. The van der Waals surface area contributed by atoms with Crippen LogP contribution in [0.3, 0.4) is 0 Å². The van der Waals surface area contributed by atoms with Crippen LogP contribution in [-0.4, -0.2) is 20.7 Å². The average molecular weight is 324 g/mol. The molecule has 3 aromatic rings. The van der Waals surface area contributed by atoms with Gasteiger partial charge in [0.15, 0.2) is 12.1 Å². The molecular weight excluding hydrogens is 304 g/mol. The van der Waals surface area contributed by atoms with Gasteiger partial charge in [-0.3, -0.25) is 9.48 Å². The van der Waals surface area contributed by atoms with Gasteiger partial charge < -0.3 is 9.73 Å². The van der Waals surface area contributed by atoms with Crippen molar-refractivity contribution in [1.29, 1.82) is 0 Å². The molecule has 0 bridgehead atoms. The highest BCUT2D eigenvalue weighted by molar-refractivity contribution is 6.05. The maximum atomic E-state index is 12.7. The number of anilines is 1. The van der Waals surface area contributed by atoms with E-state index < -0.39 is 0 Å². The number of amides is 1. The molecule has 1 amide bonds. The number of carbonyl (C=O) groups excluding carboxylic acids is 1. The fourth-order valence-electron chi connectivity index (χ4n) is 2.75. The summed E-state index contributed by atoms with van der Waals surface area (Å²) in [4.78, 5) is 16.7. The molecule has 0 aliphatic heterocycles. The molecule has 2 heterocycles. The minimum absolute atomic E-state index is 0.0788. The molecule has 1 N–H and O–H groups in total. The van der Waals surface area contributed by atoms with Gasteiger partial charge >= 0.3 is 0 Å². The monoisotopic (exact) mass is 324 g/mol. The second-order valence-corrected chi connectivity index (χ2v) is 5.97. The number of benzene rings is 1. The zero-order valence-corrected chi connectivity index (χ0v) is 14.2. The lowest BCUT2D eigenvalue weighted by atomic mass is 10.1. The average Bonchev–Trinajstić information content (AvgIpc) is 3.14. The van der Waals surface area contributed by atoms with E-state index in [1.54, 1.807) is 11.7 Å². The van der Waals surface area contributed by atoms with Gasteiger partial charge in [-0.2, -0.15) is 5.10 Å². The highest BCUT2D eigenvalue weighted by Crippen LogP contribution is 2.31. The molecule has 124 valence electrons. The summed E-state index contributed by atoms with van der Waals surface area (Å²) >= 11 is 0. The van der Waals surface area contributed by atoms with Gasteiger partial charge in [-0.15, -0.1) is 0 Å². The summed E-state index contributed by atoms with van der Waals surface area (Å²) in [5, 5.41) is 7.37. The van der Waals surface area contributed by atoms with Crippen LogP contribution in [0.4, 0.5) is 5.82 Å². The number of hydrogen-bond acceptors (Lipinski definition) is 4. The topological polar surface area (TPSA) is 73.0 Å². The van der Waals surface area contributed by atoms with E-state index in [4.69, 9.17) is 4.42 Å². The Morgan fingerprint density at radius 3 is 2.62 bits per heavy atom. The highest BCUT2D eigenvalue weighted by atomic mass is 16.3. The third kappa shape index (κ3) is 2.82. The van der Waals surface area contributed by atoms with Crippen LogP contribution in [0, 0.1) is 6.92 Å². The van der Waals surface area contributed by atoms with Crippen molar-refractivity contribution in [2.75, 3.05) is 5.32 Å². The molecule has 0 unspecified atom stereocenters. The first-order valence-corrected chi connectivity index (χ1v) is 7.82. The SMILES string of the molecule is Cc1nn(C)c(NC(=O)c2ncoc2C(C)C)c1-c1ccccc1. The Labute approximate surface area is 140 Å². The minimum atomic E-state index is -0.298. The summed E-state index contributed by atoms with van der Waals surface area (Å²) in [6, 6.07) is 9.87. The molecule has 6 nitrogen and oxygen atoms in total. The van der Waals surface area contributed by atoms with Crippen LogP contribution in [0.1, 0.15) is 41.7 Å². The molecule has 0 aliphatic rings. The van der Waals surface area contributed by atoms with E-state index in [9.17, 15) is 4.79 Å². The summed E-state index contributed by atoms with van der Waals surface area (Å²) in [6.45, 7) is 5.84. The van der Waals surface area contributed by atoms with E-state index in [0.29, 0.717) is 17.3 Å². The van der Waals surface area contributed by atoms with Crippen LogP contribution in [0.2, 0.25) is 0 Å². The van der Waals surface area contributed by atoms with Gasteiger partial charge in [0.25, 0.3) is 5.91 Å². The van der Waals surface area contributed by atoms with Gasteiger partial charge in [0.2, 0.25) is 0 Å². The Morgan fingerprint density at radius 1 is 1.25 bits per heavy atom. The lowest BCUT2D eigenvalue weighted by molar-refractivity contribution is 0.101. The lowest BCUT2D eigenvalue weighted by Gasteiger charge is -2.09. The minimum Gasteiger partial charge on any atom is -0.447 e. The van der Waals surface area contributed by atoms with E-state index in [1.165, 1.54) is 6.39 Å². The zero-order valence-electron chi connectivity index (χ0n) is 14.2. The molecule has 0 atom stereocenters. The van der Waals surface area contributed by atoms with Crippen molar-refractivity contribution in [3.63, 3.8) is 0 Å². The molecule has 0 saturated heterocycles. The summed E-state index contributed by atoms with van der Waals surface area (Å²) in [5.41, 5.74) is 3.06. The van der Waals surface area contributed by atoms with Crippen LogP contribution < -0.4 is 5.32 Å². The van der Waals surface area contributed by atoms with Crippen LogP contribution in [0.25, 0.3) is 11.1 Å². The Bertz CT molecular complexity index is 863. The number of hydrogen-bond donors (Lipinski definition) is 1. The van der Waals surface area contributed by atoms with Crippen LogP contribution >= 0.6 is 0 Å². The fourth-order valence-corrected chi connectivity index (χ4v) is 2.75. The predicted molar refractivity (Wildman–Crippen MR) is 91.9 cm³/mol. The molecule has 0 fully saturated rings. The Hall–Kier alpha value is -2.89. The molecule has 6 heteroatoms. The Balaban J connectivity index is 1.99. The van der Waals surface area contributed by atoms with Gasteiger partial charge in [0.1, 0.15) is 11.6 Å². The third-order valence-corrected chi connectivity index (χ3v) is 3.85. The lowest BCUT2D eigenvalue weighted by Crippen LogP contribution is -2.17. The Kier molecular flexibility index (Phi) is 4.20. The second kappa shape index (κ2) is 6.31. The molecule has 0 radical (unpaired) electrons. The van der Waals surface area contributed by atoms with Gasteiger partial charge in [-0.05, 0) is 12.5 Å². The fraction of sp³-hybridized carbons (Fsp3) is 0.278. The third-order valence-electron chi connectivity index (χ3n) is 3.85. The van der Waals surface area contributed by atoms with Crippen molar-refractivity contribution >= 4 is 11.7 Å². The van der Waals surface area contributed by atoms with Crippen molar-refractivity contribution in [2.45, 2.75) is 26.7 Å². The largest absolute Gasteiger partial charge is 0.447 e. The number of aromatic nitrogens is 3. The van der Waals surface area contributed by atoms with Crippen LogP contribution in [0.15, 0.2) is 41.1 Å². The molecule has 0 saturated carbocycles. The highest BCUT2D eigenvalue weighted by Gasteiger charge is 2.23. The standard InChI is InChI=1S/C18H20N4O2/c1-11(2)16-15(19-10-24-16)18(23)20-17-14(12(3)21-22(17)4)13-8-6-5-7-9-13/h5-11H,1-4H3,(H,20,23). The smallest absolute Gasteiger partial charge is 0.279 e. The van der Waals surface area contributed by atoms with Gasteiger partial charge in [0.05, 0.1) is 5.69 Å². The molecule has 0 spiro atoms. The van der Waals surface area contributed by atoms with Crippen molar-refractivity contribution in [3.8, 4) is 11.1 Å². The van der Waals surface area contributed by atoms with E-state index >= 15 is 0 Å². The maximum absolute atomic E-state index is 12.7. The number of aryl methyl sites for hydroxylation is 2. The zero-order chi connectivity index (χ0) is 17.3. The quantitative estimate of drug-likeness (QED) is 0.793. The van der Waals surface area contributed by atoms with Crippen LogP contribution in [-0.2, 0) is 7.05 Å². The van der Waals surface area contributed by atoms with Gasteiger partial charge in [-0.1, -0.05) is 44.2 Å². The van der Waals surface area contributed by atoms with E-state index in [-0.39, 0.29) is 11.8 Å². The van der Waals surface area contributed by atoms with Crippen molar-refractivity contribution < 1.29 is 9.21 Å². The summed E-state index contributed by atoms with van der Waals surface area (Å²) < 4.78 is 7.01. The number of nitrogens with one attached hydrogen (secondary N) is 1. The van der Waals surface area contributed by atoms with Crippen molar-refractivity contribution in [3.05, 3.63) is 53.9 Å². The van der Waals surface area contributed by atoms with Crippen LogP contribution in [0.5, 0.6) is 0 Å². The normalized spacial score (nSPS) is 11.0. The van der Waals surface area contributed by atoms with E-state index in [2.05, 4.69) is 15.4 Å². The molecule has 0 aliphatic carbocycles. The Morgan fingerprint density at radius 2 is 1.96 bits per heavy atom. The van der Waals surface area contributed by atoms with E-state index in [1.807, 2.05) is 51.1 Å². The molecule has 3 rings (SSSR count). The van der Waals surface area contributed by atoms with Crippen molar-refractivity contribution in [2.24, 2.45) is 7.05 Å². The summed E-state index contributed by atoms with van der Waals surface area (Å²) in [6.07, 6.45) is 1.30. The van der Waals surface area contributed by atoms with E-state index in [0.717, 1.165) is 16.8 Å². The number of carbonyl (C=O) groups is 1. The van der Waals surface area contributed by atoms with Crippen molar-refractivity contribution in [1.82, 2.24) is 14.8 Å². The summed E-state index contributed by atoms with van der Waals surface area (Å²) in [7, 11) is 1.81.